The highest BCUT2D eigenvalue weighted by molar-refractivity contribution is 5.87. The average molecular weight is 242 g/mol. The Morgan fingerprint density at radius 1 is 1.11 bits per heavy atom. The third-order valence-corrected chi connectivity index (χ3v) is 4.15. The second-order valence-corrected chi connectivity index (χ2v) is 5.54. The molecule has 0 amide bonds. The standard InChI is InChI=1S/C14H18N4/c1-2-4-11(3-1)18-8-7-12-13(17-10-5-6-10)15-9-16-14(12)18/h7-11H,1-6H2,(H,15,16,17). The highest BCUT2D eigenvalue weighted by atomic mass is 15.1. The molecule has 2 heterocycles. The fourth-order valence-corrected chi connectivity index (χ4v) is 2.98. The van der Waals surface area contributed by atoms with Crippen LogP contribution in [-0.4, -0.2) is 20.6 Å². The van der Waals surface area contributed by atoms with Crippen LogP contribution in [0.5, 0.6) is 0 Å². The van der Waals surface area contributed by atoms with Gasteiger partial charge in [0, 0.05) is 18.3 Å². The number of hydrogen-bond acceptors (Lipinski definition) is 3. The van der Waals surface area contributed by atoms with Crippen LogP contribution >= 0.6 is 0 Å². The van der Waals surface area contributed by atoms with E-state index in [1.54, 1.807) is 6.33 Å². The van der Waals surface area contributed by atoms with Crippen LogP contribution in [0.1, 0.15) is 44.6 Å². The molecule has 0 unspecified atom stereocenters. The van der Waals surface area contributed by atoms with Gasteiger partial charge in [0.15, 0.2) is 0 Å². The van der Waals surface area contributed by atoms with Gasteiger partial charge in [-0.1, -0.05) is 12.8 Å². The Morgan fingerprint density at radius 2 is 1.94 bits per heavy atom. The van der Waals surface area contributed by atoms with E-state index in [9.17, 15) is 0 Å². The molecule has 0 saturated heterocycles. The van der Waals surface area contributed by atoms with Gasteiger partial charge in [-0.05, 0) is 31.7 Å². The van der Waals surface area contributed by atoms with Crippen LogP contribution in [0.25, 0.3) is 11.0 Å². The molecule has 1 N–H and O–H groups in total. The van der Waals surface area contributed by atoms with Crippen molar-refractivity contribution in [3.63, 3.8) is 0 Å². The summed E-state index contributed by atoms with van der Waals surface area (Å²) in [4.78, 5) is 8.88. The molecule has 2 aliphatic carbocycles. The van der Waals surface area contributed by atoms with Gasteiger partial charge in [-0.15, -0.1) is 0 Å². The first-order chi connectivity index (χ1) is 8.92. The van der Waals surface area contributed by atoms with Crippen LogP contribution in [-0.2, 0) is 0 Å². The van der Waals surface area contributed by atoms with Crippen LogP contribution in [0, 0.1) is 0 Å². The van der Waals surface area contributed by atoms with Crippen LogP contribution < -0.4 is 5.32 Å². The summed E-state index contributed by atoms with van der Waals surface area (Å²) >= 11 is 0. The summed E-state index contributed by atoms with van der Waals surface area (Å²) < 4.78 is 2.35. The van der Waals surface area contributed by atoms with E-state index >= 15 is 0 Å². The fraction of sp³-hybridized carbons (Fsp3) is 0.571. The number of hydrogen-bond donors (Lipinski definition) is 1. The molecule has 0 aliphatic heterocycles. The number of nitrogens with one attached hydrogen (secondary N) is 1. The minimum atomic E-state index is 0.637. The molecule has 4 nitrogen and oxygen atoms in total. The lowest BCUT2D eigenvalue weighted by molar-refractivity contribution is 0.532. The molecule has 2 aromatic rings. The molecule has 0 radical (unpaired) electrons. The molecule has 4 heteroatoms. The molecule has 4 rings (SSSR count). The summed E-state index contributed by atoms with van der Waals surface area (Å²) in [5.41, 5.74) is 1.10. The highest BCUT2D eigenvalue weighted by Gasteiger charge is 2.24. The van der Waals surface area contributed by atoms with E-state index in [0.717, 1.165) is 11.5 Å². The smallest absolute Gasteiger partial charge is 0.145 e. The van der Waals surface area contributed by atoms with Crippen LogP contribution in [0.4, 0.5) is 5.82 Å². The van der Waals surface area contributed by atoms with Crippen molar-refractivity contribution in [2.75, 3.05) is 5.32 Å². The summed E-state index contributed by atoms with van der Waals surface area (Å²) in [6.45, 7) is 0. The molecule has 2 saturated carbocycles. The Kier molecular flexibility index (Phi) is 2.28. The maximum absolute atomic E-state index is 4.49. The van der Waals surface area contributed by atoms with E-state index in [1.165, 1.54) is 43.9 Å². The SMILES string of the molecule is c1nc(NC2CC2)c2ccn(C3CCCC3)c2n1. The van der Waals surface area contributed by atoms with E-state index in [-0.39, 0.29) is 0 Å². The maximum atomic E-state index is 4.49. The van der Waals surface area contributed by atoms with Gasteiger partial charge < -0.3 is 9.88 Å². The molecule has 18 heavy (non-hydrogen) atoms. The van der Waals surface area contributed by atoms with Gasteiger partial charge in [0.25, 0.3) is 0 Å². The summed E-state index contributed by atoms with van der Waals surface area (Å²) in [5, 5.41) is 4.68. The number of fused-ring (bicyclic) bond motifs is 1. The van der Waals surface area contributed by atoms with Crippen molar-refractivity contribution in [3.8, 4) is 0 Å². The lowest BCUT2D eigenvalue weighted by Gasteiger charge is -2.12. The molecule has 0 spiro atoms. The van der Waals surface area contributed by atoms with Crippen LogP contribution in [0.15, 0.2) is 18.6 Å². The lowest BCUT2D eigenvalue weighted by Crippen LogP contribution is -2.06. The number of aromatic nitrogens is 3. The summed E-state index contributed by atoms with van der Waals surface area (Å²) in [6.07, 6.45) is 11.7. The number of anilines is 1. The van der Waals surface area contributed by atoms with Crippen molar-refractivity contribution in [1.82, 2.24) is 14.5 Å². The third kappa shape index (κ3) is 1.67. The maximum Gasteiger partial charge on any atom is 0.145 e. The van der Waals surface area contributed by atoms with E-state index in [4.69, 9.17) is 0 Å². The topological polar surface area (TPSA) is 42.7 Å². The number of nitrogens with zero attached hydrogens (tertiary/aromatic N) is 3. The van der Waals surface area contributed by atoms with Gasteiger partial charge in [-0.25, -0.2) is 9.97 Å². The first-order valence-electron chi connectivity index (χ1n) is 7.00. The highest BCUT2D eigenvalue weighted by Crippen LogP contribution is 2.34. The van der Waals surface area contributed by atoms with Crippen LogP contribution in [0.3, 0.4) is 0 Å². The van der Waals surface area contributed by atoms with Crippen LogP contribution in [0.2, 0.25) is 0 Å². The van der Waals surface area contributed by atoms with Gasteiger partial charge in [0.05, 0.1) is 5.39 Å². The second kappa shape index (κ2) is 3.97. The van der Waals surface area contributed by atoms with Gasteiger partial charge in [-0.2, -0.15) is 0 Å². The predicted molar refractivity (Wildman–Crippen MR) is 71.7 cm³/mol. The minimum Gasteiger partial charge on any atom is -0.367 e. The van der Waals surface area contributed by atoms with Crippen molar-refractivity contribution >= 4 is 16.9 Å². The summed E-state index contributed by atoms with van der Waals surface area (Å²) in [5.74, 6) is 1.01. The first kappa shape index (κ1) is 10.4. The zero-order chi connectivity index (χ0) is 11.9. The Bertz CT molecular complexity index is 564. The molecule has 2 aromatic heterocycles. The molecular weight excluding hydrogens is 224 g/mol. The molecule has 0 aromatic carbocycles. The zero-order valence-electron chi connectivity index (χ0n) is 10.5. The van der Waals surface area contributed by atoms with Crippen molar-refractivity contribution < 1.29 is 0 Å². The fourth-order valence-electron chi connectivity index (χ4n) is 2.98. The Hall–Kier alpha value is -1.58. The second-order valence-electron chi connectivity index (χ2n) is 5.54. The molecule has 0 bridgehead atoms. The zero-order valence-corrected chi connectivity index (χ0v) is 10.5. The van der Waals surface area contributed by atoms with Crippen molar-refractivity contribution in [2.24, 2.45) is 0 Å². The monoisotopic (exact) mass is 242 g/mol. The summed E-state index contributed by atoms with van der Waals surface area (Å²) in [6, 6.07) is 3.45. The molecule has 2 aliphatic rings. The molecular formula is C14H18N4. The number of rotatable bonds is 3. The first-order valence-corrected chi connectivity index (χ1v) is 7.00. The quantitative estimate of drug-likeness (QED) is 0.899. The normalized spacial score (nSPS) is 20.7. The average Bonchev–Trinajstić information content (AvgIpc) is 2.91. The molecule has 0 atom stereocenters. The van der Waals surface area contributed by atoms with Gasteiger partial charge in [-0.3, -0.25) is 0 Å². The van der Waals surface area contributed by atoms with Gasteiger partial charge >= 0.3 is 0 Å². The van der Waals surface area contributed by atoms with Gasteiger partial charge in [0.2, 0.25) is 0 Å². The Labute approximate surface area is 106 Å². The van der Waals surface area contributed by atoms with E-state index < -0.39 is 0 Å². The van der Waals surface area contributed by atoms with Crippen molar-refractivity contribution in [3.05, 3.63) is 18.6 Å². The third-order valence-electron chi connectivity index (χ3n) is 4.15. The summed E-state index contributed by atoms with van der Waals surface area (Å²) in [7, 11) is 0. The van der Waals surface area contributed by atoms with E-state index in [0.29, 0.717) is 12.1 Å². The predicted octanol–water partition coefficient (Wildman–Crippen LogP) is 3.12. The molecule has 94 valence electrons. The largest absolute Gasteiger partial charge is 0.367 e. The van der Waals surface area contributed by atoms with Crippen molar-refractivity contribution in [2.45, 2.75) is 50.6 Å². The van der Waals surface area contributed by atoms with E-state index in [1.807, 2.05) is 0 Å². The van der Waals surface area contributed by atoms with Gasteiger partial charge in [0.1, 0.15) is 17.8 Å². The molecule has 2 fully saturated rings. The lowest BCUT2D eigenvalue weighted by atomic mass is 10.2. The Balaban J connectivity index is 1.76. The van der Waals surface area contributed by atoms with Crippen molar-refractivity contribution in [1.29, 1.82) is 0 Å². The Morgan fingerprint density at radius 3 is 2.72 bits per heavy atom. The minimum absolute atomic E-state index is 0.637. The van der Waals surface area contributed by atoms with E-state index in [2.05, 4.69) is 32.1 Å².